The third-order valence-corrected chi connectivity index (χ3v) is 2.65. The molecule has 1 saturated heterocycles. The lowest BCUT2D eigenvalue weighted by molar-refractivity contribution is 0.498. The average molecular weight is 229 g/mol. The van der Waals surface area contributed by atoms with E-state index in [9.17, 15) is 0 Å². The minimum Gasteiger partial charge on any atom is -0.356 e. The van der Waals surface area contributed by atoms with Crippen LogP contribution in [0.4, 0.5) is 5.82 Å². The Hall–Kier alpha value is -0.870. The number of nitrogens with two attached hydrogens (primary N) is 1. The summed E-state index contributed by atoms with van der Waals surface area (Å²) in [6, 6.07) is 2.39. The van der Waals surface area contributed by atoms with Crippen molar-refractivity contribution < 1.29 is 0 Å². The predicted octanol–water partition coefficient (Wildman–Crippen LogP) is 1.13. The summed E-state index contributed by atoms with van der Waals surface area (Å²) in [6.07, 6.45) is 3.74. The van der Waals surface area contributed by atoms with Gasteiger partial charge in [-0.15, -0.1) is 12.4 Å². The first kappa shape index (κ1) is 12.2. The van der Waals surface area contributed by atoms with Crippen LogP contribution >= 0.6 is 12.4 Å². The fourth-order valence-electron chi connectivity index (χ4n) is 1.74. The van der Waals surface area contributed by atoms with Gasteiger partial charge in [0.2, 0.25) is 0 Å². The van der Waals surface area contributed by atoms with Crippen LogP contribution in [0.15, 0.2) is 12.4 Å². The lowest BCUT2D eigenvalue weighted by atomic mass is 10.1. The van der Waals surface area contributed by atoms with E-state index in [0.29, 0.717) is 6.04 Å². The van der Waals surface area contributed by atoms with E-state index in [1.165, 1.54) is 0 Å². The van der Waals surface area contributed by atoms with E-state index in [0.717, 1.165) is 37.4 Å². The van der Waals surface area contributed by atoms with Gasteiger partial charge in [0.15, 0.2) is 0 Å². The topological polar surface area (TPSA) is 55.0 Å². The largest absolute Gasteiger partial charge is 0.356 e. The summed E-state index contributed by atoms with van der Waals surface area (Å²) in [4.78, 5) is 10.6. The first-order valence-corrected chi connectivity index (χ1v) is 5.05. The van der Waals surface area contributed by atoms with Crippen molar-refractivity contribution >= 4 is 18.2 Å². The van der Waals surface area contributed by atoms with Crippen molar-refractivity contribution in [1.82, 2.24) is 9.97 Å². The van der Waals surface area contributed by atoms with Gasteiger partial charge < -0.3 is 10.6 Å². The summed E-state index contributed by atoms with van der Waals surface area (Å²) in [5.74, 6) is 1.03. The van der Waals surface area contributed by atoms with Gasteiger partial charge in [0.25, 0.3) is 0 Å². The fraction of sp³-hybridized carbons (Fsp3) is 0.600. The van der Waals surface area contributed by atoms with Crippen LogP contribution in [0.2, 0.25) is 0 Å². The second kappa shape index (κ2) is 5.28. The first-order valence-electron chi connectivity index (χ1n) is 5.05. The molecule has 4 nitrogen and oxygen atoms in total. The summed E-state index contributed by atoms with van der Waals surface area (Å²) in [6.45, 7) is 4.01. The molecule has 0 atom stereocenters. The fourth-order valence-corrected chi connectivity index (χ4v) is 1.74. The Morgan fingerprint density at radius 1 is 1.33 bits per heavy atom. The maximum Gasteiger partial charge on any atom is 0.132 e. The molecule has 1 aliphatic heterocycles. The van der Waals surface area contributed by atoms with E-state index in [-0.39, 0.29) is 12.4 Å². The van der Waals surface area contributed by atoms with Crippen LogP contribution in [0, 0.1) is 6.92 Å². The Kier molecular flexibility index (Phi) is 4.29. The quantitative estimate of drug-likeness (QED) is 0.783. The predicted molar refractivity (Wildman–Crippen MR) is 63.4 cm³/mol. The molecule has 0 aliphatic carbocycles. The van der Waals surface area contributed by atoms with Crippen molar-refractivity contribution in [3.05, 3.63) is 18.1 Å². The number of nitrogens with zero attached hydrogens (tertiary/aromatic N) is 3. The highest BCUT2D eigenvalue weighted by Gasteiger charge is 2.16. The molecule has 2 N–H and O–H groups in total. The summed E-state index contributed by atoms with van der Waals surface area (Å²) >= 11 is 0. The highest BCUT2D eigenvalue weighted by atomic mass is 35.5. The molecule has 0 spiro atoms. The number of aromatic nitrogens is 2. The van der Waals surface area contributed by atoms with E-state index in [4.69, 9.17) is 5.73 Å². The number of rotatable bonds is 1. The Bertz CT molecular complexity index is 310. The molecule has 0 aromatic carbocycles. The lowest BCUT2D eigenvalue weighted by Crippen LogP contribution is -2.40. The third kappa shape index (κ3) is 3.04. The summed E-state index contributed by atoms with van der Waals surface area (Å²) in [7, 11) is 0. The molecule has 2 rings (SSSR count). The summed E-state index contributed by atoms with van der Waals surface area (Å²) < 4.78 is 0. The molecule has 84 valence electrons. The molecule has 0 amide bonds. The summed E-state index contributed by atoms with van der Waals surface area (Å²) in [5, 5.41) is 0. The second-order valence-electron chi connectivity index (χ2n) is 3.84. The molecule has 5 heteroatoms. The van der Waals surface area contributed by atoms with Gasteiger partial charge in [-0.05, 0) is 19.8 Å². The van der Waals surface area contributed by atoms with E-state index in [2.05, 4.69) is 14.9 Å². The minimum atomic E-state index is 0. The van der Waals surface area contributed by atoms with Crippen molar-refractivity contribution in [1.29, 1.82) is 0 Å². The van der Waals surface area contributed by atoms with Gasteiger partial charge in [-0.2, -0.15) is 0 Å². The number of hydrogen-bond acceptors (Lipinski definition) is 4. The van der Waals surface area contributed by atoms with Gasteiger partial charge in [-0.3, -0.25) is 0 Å². The monoisotopic (exact) mass is 228 g/mol. The molecular formula is C10H17ClN4. The van der Waals surface area contributed by atoms with Gasteiger partial charge in [0.05, 0.1) is 0 Å². The highest BCUT2D eigenvalue weighted by molar-refractivity contribution is 5.85. The van der Waals surface area contributed by atoms with Crippen LogP contribution in [0.3, 0.4) is 0 Å². The van der Waals surface area contributed by atoms with E-state index in [1.807, 2.05) is 13.0 Å². The molecule has 1 aromatic heterocycles. The van der Waals surface area contributed by atoms with Crippen molar-refractivity contribution in [2.45, 2.75) is 25.8 Å². The maximum absolute atomic E-state index is 5.85. The van der Waals surface area contributed by atoms with E-state index in [1.54, 1.807) is 6.33 Å². The van der Waals surface area contributed by atoms with Gasteiger partial charge in [0.1, 0.15) is 12.1 Å². The van der Waals surface area contributed by atoms with Crippen LogP contribution in [0.5, 0.6) is 0 Å². The standard InChI is InChI=1S/C10H16N4.ClH/c1-8-6-10(13-7-12-8)14-4-2-9(11)3-5-14;/h6-7,9H,2-5,11H2,1H3;1H. The van der Waals surface area contributed by atoms with Crippen LogP contribution in [-0.4, -0.2) is 29.1 Å². The summed E-state index contributed by atoms with van der Waals surface area (Å²) in [5.41, 5.74) is 6.86. The maximum atomic E-state index is 5.85. The number of piperidine rings is 1. The highest BCUT2D eigenvalue weighted by Crippen LogP contribution is 2.16. The molecule has 0 unspecified atom stereocenters. The van der Waals surface area contributed by atoms with Crippen LogP contribution in [-0.2, 0) is 0 Å². The van der Waals surface area contributed by atoms with Crippen molar-refractivity contribution in [2.75, 3.05) is 18.0 Å². The lowest BCUT2D eigenvalue weighted by Gasteiger charge is -2.30. The molecule has 0 bridgehead atoms. The van der Waals surface area contributed by atoms with Gasteiger partial charge in [-0.1, -0.05) is 0 Å². The molecule has 1 aliphatic rings. The first-order chi connectivity index (χ1) is 6.75. The number of anilines is 1. The molecule has 1 aromatic rings. The van der Waals surface area contributed by atoms with Gasteiger partial charge >= 0.3 is 0 Å². The van der Waals surface area contributed by atoms with Gasteiger partial charge in [-0.25, -0.2) is 9.97 Å². The Morgan fingerprint density at radius 3 is 2.60 bits per heavy atom. The Morgan fingerprint density at radius 2 is 2.00 bits per heavy atom. The smallest absolute Gasteiger partial charge is 0.132 e. The SMILES string of the molecule is Cc1cc(N2CCC(N)CC2)ncn1.Cl. The molecule has 1 fully saturated rings. The zero-order valence-electron chi connectivity index (χ0n) is 8.89. The number of hydrogen-bond donors (Lipinski definition) is 1. The molecule has 0 radical (unpaired) electrons. The Balaban J connectivity index is 0.00000112. The van der Waals surface area contributed by atoms with Gasteiger partial charge in [0, 0.05) is 30.9 Å². The molecule has 15 heavy (non-hydrogen) atoms. The van der Waals surface area contributed by atoms with E-state index < -0.39 is 0 Å². The number of aryl methyl sites for hydroxylation is 1. The van der Waals surface area contributed by atoms with Crippen molar-refractivity contribution in [2.24, 2.45) is 5.73 Å². The third-order valence-electron chi connectivity index (χ3n) is 2.65. The molecule has 0 saturated carbocycles. The zero-order chi connectivity index (χ0) is 9.97. The van der Waals surface area contributed by atoms with Crippen molar-refractivity contribution in [3.63, 3.8) is 0 Å². The minimum absolute atomic E-state index is 0. The normalized spacial score (nSPS) is 17.3. The number of halogens is 1. The second-order valence-corrected chi connectivity index (χ2v) is 3.84. The zero-order valence-corrected chi connectivity index (χ0v) is 9.70. The average Bonchev–Trinajstić information content (AvgIpc) is 2.19. The van der Waals surface area contributed by atoms with Crippen LogP contribution in [0.25, 0.3) is 0 Å². The van der Waals surface area contributed by atoms with Crippen molar-refractivity contribution in [3.8, 4) is 0 Å². The molecule has 2 heterocycles. The molecular weight excluding hydrogens is 212 g/mol. The van der Waals surface area contributed by atoms with Crippen LogP contribution < -0.4 is 10.6 Å². The van der Waals surface area contributed by atoms with E-state index >= 15 is 0 Å². The Labute approximate surface area is 96.3 Å². The van der Waals surface area contributed by atoms with Crippen LogP contribution in [0.1, 0.15) is 18.5 Å².